The van der Waals surface area contributed by atoms with Crippen molar-refractivity contribution < 1.29 is 157 Å². The van der Waals surface area contributed by atoms with Crippen molar-refractivity contribution in [3.63, 3.8) is 0 Å². The molecule has 18 rings (SSSR count). The molecule has 0 radical (unpaired) electrons. The number of fused-ring (bicyclic) bond motifs is 6. The highest BCUT2D eigenvalue weighted by Crippen LogP contribution is 2.49. The van der Waals surface area contributed by atoms with Gasteiger partial charge in [-0.25, -0.2) is 0 Å². The number of aliphatic hydroxyl groups excluding tert-OH is 2. The fraction of sp³-hybridized carbons (Fsp3) is 0.959. The number of nitrogens with zero attached hydrogens (tertiary/aromatic N) is 3. The molecule has 628 valence electrons. The first-order valence-corrected chi connectivity index (χ1v) is 38.3. The van der Waals surface area contributed by atoms with Crippen LogP contribution in [0.4, 0.5) is 0 Å². The Kier molecular flexibility index (Phi) is 23.4. The minimum atomic E-state index is -0.776. The van der Waals surface area contributed by atoms with E-state index in [1.165, 1.54) is 0 Å². The van der Waals surface area contributed by atoms with Gasteiger partial charge in [-0.1, -0.05) is 12.0 Å². The molecule has 18 aliphatic heterocycles. The summed E-state index contributed by atoms with van der Waals surface area (Å²) < 4.78 is 170. The van der Waals surface area contributed by atoms with Crippen molar-refractivity contribution in [2.45, 2.75) is 409 Å². The van der Waals surface area contributed by atoms with Crippen molar-refractivity contribution in [3.8, 4) is 0 Å². The van der Waals surface area contributed by atoms with Gasteiger partial charge in [0.1, 0.15) is 103 Å². The number of hydrogen-bond donors (Lipinski definition) is 2. The third-order valence-electron chi connectivity index (χ3n) is 21.0. The Bertz CT molecular complexity index is 3200. The molecule has 0 saturated carbocycles. The third-order valence-corrected chi connectivity index (χ3v) is 21.0. The number of rotatable bonds is 7. The van der Waals surface area contributed by atoms with Crippen molar-refractivity contribution in [2.75, 3.05) is 39.6 Å². The van der Waals surface area contributed by atoms with Gasteiger partial charge in [0.2, 0.25) is 6.29 Å². The molecule has 0 amide bonds. The summed E-state index contributed by atoms with van der Waals surface area (Å²) in [6.07, 6.45) is -10.1. The van der Waals surface area contributed by atoms with Gasteiger partial charge < -0.3 is 152 Å². The smallest absolute Gasteiger partial charge is 0.232 e. The van der Waals surface area contributed by atoms with Crippen LogP contribution in [0, 0.1) is 5.92 Å². The van der Waals surface area contributed by atoms with Crippen LogP contribution in [0.15, 0.2) is 16.4 Å². The second kappa shape index (κ2) is 30.3. The average molecular weight is 1580 g/mol. The first kappa shape index (κ1) is 85.2. The Hall–Kier alpha value is -2.72. The number of azide groups is 1. The molecule has 36 heteroatoms. The standard InChI is InChI=1S/C13H22O5.C13H20O5.C12H19N3O5.2C12H20O6.C12H18O6/c2*1-7-9(8-6-14-12(2,3)16-8)15-11-10(7)17-13(4,5)18-11;1-11(2)16-5-6(18-11)8-7(14-15-13)9-10(17-8)20-12(3,4)19-9;3*1-11(2)14-5-6(16-11)8-7(13)9-10(15-8)18-12(3,4)17-9/h7-11H,6H2,1-5H3;8,10-11H,6H2,1-5H3;6-10H,5H2,1-4H3;2*6-10,13H,5H2,1-4H3;6,8-10H,5H2,1-4H3/t7-,8+,9+,10+,11+;8-,10+,11+;6-,7-,8+,9-,10-;6-,7+,8+,9+,10+;6-,7+,8+,9-,10-;6-,8+,9+,10+/m001010/s1. The van der Waals surface area contributed by atoms with Crippen LogP contribution in [-0.4, -0.2) is 285 Å². The quantitative estimate of drug-likeness (QED) is 0.154. The SMILES string of the molecule is CC1(C)OC[C@@H]([C@H]2O[C@@H]3OC(C)(C)O[C@@H]3C2=O)O1.CC1(C)O[C@H]2O[C@@H]([C@H]3COC(C)(C)O3)[C@@H](N=[N+]=[N-])[C@H]2O1.CC1(C)O[C@H]2O[C@@H]([C@H]3COC(C)(C)O3)[C@H](O)[C@H]2O1.CC1(C)O[C@H]2O[C@H]([C@@H]3COC(C)(C)O3)[C@@H](O)[C@H]2O1.CC1=C([C@@H]2COC(C)(C)O2)O[C@@H]2OC(C)(C)O[C@H]12.C[C@H]1[C@H]([C@H]2COC(C)(C)O2)O[C@@H]2OC(C)(C)O[C@@H]21. The molecule has 18 heterocycles. The Morgan fingerprint density at radius 1 is 0.327 bits per heavy atom. The summed E-state index contributed by atoms with van der Waals surface area (Å²) in [5.41, 5.74) is 9.81. The maximum Gasteiger partial charge on any atom is 0.232 e. The molecule has 0 bridgehead atoms. The highest BCUT2D eigenvalue weighted by Gasteiger charge is 2.64. The minimum absolute atomic E-state index is 0.0164. The van der Waals surface area contributed by atoms with Gasteiger partial charge >= 0.3 is 0 Å². The van der Waals surface area contributed by atoms with Gasteiger partial charge in [-0.3, -0.25) is 4.79 Å². The zero-order valence-corrected chi connectivity index (χ0v) is 68.2. The maximum atomic E-state index is 12.2. The number of hydrogen-bond acceptors (Lipinski definition) is 34. The molecule has 36 nitrogen and oxygen atoms in total. The second-order valence-electron chi connectivity index (χ2n) is 35.9. The number of carbonyl (C=O) groups excluding carboxylic acids is 1. The van der Waals surface area contributed by atoms with Gasteiger partial charge in [-0.05, 0) is 179 Å². The number of aliphatic hydroxyl groups is 2. The summed E-state index contributed by atoms with van der Waals surface area (Å²) in [6, 6.07) is -0.491. The van der Waals surface area contributed by atoms with Crippen LogP contribution in [0.25, 0.3) is 10.4 Å². The van der Waals surface area contributed by atoms with E-state index in [0.29, 0.717) is 39.6 Å². The van der Waals surface area contributed by atoms with Gasteiger partial charge in [0.25, 0.3) is 0 Å². The Morgan fingerprint density at radius 2 is 0.655 bits per heavy atom. The van der Waals surface area contributed by atoms with E-state index in [-0.39, 0.29) is 73.1 Å². The van der Waals surface area contributed by atoms with E-state index in [2.05, 4.69) is 16.9 Å². The first-order valence-electron chi connectivity index (χ1n) is 38.3. The molecule has 0 aromatic rings. The molecule has 18 aliphatic rings. The predicted octanol–water partition coefficient (Wildman–Crippen LogP) is 6.60. The van der Waals surface area contributed by atoms with E-state index in [1.54, 1.807) is 55.4 Å². The monoisotopic (exact) mass is 1580 g/mol. The second-order valence-corrected chi connectivity index (χ2v) is 35.9. The number of Topliss-reactive ketones (excluding diaryl/α,β-unsaturated/α-hetero) is 1. The summed E-state index contributed by atoms with van der Waals surface area (Å²) >= 11 is 0. The van der Waals surface area contributed by atoms with Crippen molar-refractivity contribution >= 4 is 5.78 Å². The van der Waals surface area contributed by atoms with Crippen molar-refractivity contribution in [2.24, 2.45) is 11.0 Å². The topological polar surface area (TPSA) is 383 Å². The minimum Gasteiger partial charge on any atom is -0.463 e. The van der Waals surface area contributed by atoms with Gasteiger partial charge in [-0.2, -0.15) is 0 Å². The first-order chi connectivity index (χ1) is 50.7. The molecule has 0 unspecified atom stereocenters. The van der Waals surface area contributed by atoms with Crippen molar-refractivity contribution in [1.82, 2.24) is 0 Å². The van der Waals surface area contributed by atoms with E-state index >= 15 is 0 Å². The summed E-state index contributed by atoms with van der Waals surface area (Å²) in [5.74, 6) is -6.86. The molecule has 0 aliphatic carbocycles. The molecule has 0 aromatic heterocycles. The van der Waals surface area contributed by atoms with Crippen LogP contribution in [0.5, 0.6) is 0 Å². The lowest BCUT2D eigenvalue weighted by Gasteiger charge is -2.27. The molecular weight excluding hydrogens is 1460 g/mol. The molecule has 27 atom stereocenters. The molecule has 17 fully saturated rings. The third kappa shape index (κ3) is 18.9. The highest BCUT2D eigenvalue weighted by molar-refractivity contribution is 5.90. The molecule has 110 heavy (non-hydrogen) atoms. The van der Waals surface area contributed by atoms with Gasteiger partial charge in [0.05, 0.1) is 51.8 Å². The maximum absolute atomic E-state index is 12.2. The highest BCUT2D eigenvalue weighted by atomic mass is 16.9. The van der Waals surface area contributed by atoms with E-state index in [4.69, 9.17) is 148 Å². The lowest BCUT2D eigenvalue weighted by Crippen LogP contribution is -2.42. The lowest BCUT2D eigenvalue weighted by molar-refractivity contribution is -0.232. The van der Waals surface area contributed by atoms with E-state index in [0.717, 1.165) is 11.3 Å². The largest absolute Gasteiger partial charge is 0.463 e. The van der Waals surface area contributed by atoms with Crippen molar-refractivity contribution in [1.29, 1.82) is 0 Å². The molecular formula is C74H119N3O33. The number of ketones is 1. The normalized spacial score (nSPS) is 46.7. The molecule has 0 spiro atoms. The summed E-state index contributed by atoms with van der Waals surface area (Å²) in [6.45, 7) is 50.9. The number of ether oxygens (including phenoxy) is 30. The van der Waals surface area contributed by atoms with Crippen LogP contribution in [-0.2, 0) is 147 Å². The van der Waals surface area contributed by atoms with Crippen LogP contribution >= 0.6 is 0 Å². The Labute approximate surface area is 642 Å². The van der Waals surface area contributed by atoms with Crippen LogP contribution in [0.2, 0.25) is 0 Å². The predicted molar refractivity (Wildman–Crippen MR) is 370 cm³/mol. The summed E-state index contributed by atoms with van der Waals surface area (Å²) in [4.78, 5) is 15.1. The summed E-state index contributed by atoms with van der Waals surface area (Å²) in [5, 5.41) is 24.3. The molecule has 17 saturated heterocycles. The van der Waals surface area contributed by atoms with Crippen LogP contribution in [0.3, 0.4) is 0 Å². The van der Waals surface area contributed by atoms with Gasteiger partial charge in [0, 0.05) is 16.4 Å². The Morgan fingerprint density at radius 3 is 1.04 bits per heavy atom. The molecule has 2 N–H and O–H groups in total. The zero-order valence-electron chi connectivity index (χ0n) is 68.2. The summed E-state index contributed by atoms with van der Waals surface area (Å²) in [7, 11) is 0. The van der Waals surface area contributed by atoms with Gasteiger partial charge in [-0.15, -0.1) is 0 Å². The average Bonchev–Trinajstić information content (AvgIpc) is 1.64. The van der Waals surface area contributed by atoms with E-state index in [1.807, 2.05) is 118 Å². The fourth-order valence-corrected chi connectivity index (χ4v) is 16.4. The fourth-order valence-electron chi connectivity index (χ4n) is 16.4. The van der Waals surface area contributed by atoms with Crippen LogP contribution < -0.4 is 0 Å². The number of carbonyl (C=O) groups is 1. The molecule has 0 aromatic carbocycles. The van der Waals surface area contributed by atoms with Crippen LogP contribution in [0.1, 0.15) is 180 Å². The van der Waals surface area contributed by atoms with Crippen molar-refractivity contribution in [3.05, 3.63) is 21.8 Å². The van der Waals surface area contributed by atoms with E-state index in [9.17, 15) is 15.0 Å². The Balaban J connectivity index is 0.000000116. The van der Waals surface area contributed by atoms with E-state index < -0.39 is 168 Å². The lowest BCUT2D eigenvalue weighted by atomic mass is 9.97. The zero-order chi connectivity index (χ0) is 80.2. The van der Waals surface area contributed by atoms with Gasteiger partial charge in [0.15, 0.2) is 119 Å².